The molecule has 2 N–H and O–H groups in total. The van der Waals surface area contributed by atoms with Crippen LogP contribution in [0.4, 0.5) is 0 Å². The van der Waals surface area contributed by atoms with E-state index in [1.54, 1.807) is 17.5 Å². The first-order chi connectivity index (χ1) is 9.98. The maximum atomic E-state index is 12.0. The summed E-state index contributed by atoms with van der Waals surface area (Å²) in [5, 5.41) is 10.9. The van der Waals surface area contributed by atoms with Crippen molar-refractivity contribution in [3.05, 3.63) is 58.3 Å². The monoisotopic (exact) mass is 325 g/mol. The Morgan fingerprint density at radius 3 is 2.48 bits per heavy atom. The number of aliphatic carboxylic acids is 1. The number of hydrogen-bond donors (Lipinski definition) is 2. The minimum Gasteiger partial charge on any atom is -0.480 e. The molecule has 2 rings (SSSR count). The van der Waals surface area contributed by atoms with Gasteiger partial charge < -0.3 is 5.11 Å². The van der Waals surface area contributed by atoms with Crippen molar-refractivity contribution in [2.24, 2.45) is 0 Å². The van der Waals surface area contributed by atoms with Crippen LogP contribution in [0.2, 0.25) is 0 Å². The predicted molar refractivity (Wildman–Crippen MR) is 81.8 cm³/mol. The first kappa shape index (κ1) is 15.7. The highest BCUT2D eigenvalue weighted by Gasteiger charge is 2.26. The summed E-state index contributed by atoms with van der Waals surface area (Å²) in [4.78, 5) is 11.7. The second kappa shape index (κ2) is 6.84. The topological polar surface area (TPSA) is 83.5 Å². The van der Waals surface area contributed by atoms with Crippen LogP contribution in [0.15, 0.2) is 47.8 Å². The number of thiophene rings is 1. The normalized spacial score (nSPS) is 13.0. The number of aryl methyl sites for hydroxylation is 1. The molecule has 1 heterocycles. The van der Waals surface area contributed by atoms with Crippen molar-refractivity contribution in [2.75, 3.05) is 5.75 Å². The van der Waals surface area contributed by atoms with Gasteiger partial charge in [0.05, 0.1) is 5.75 Å². The van der Waals surface area contributed by atoms with Crippen LogP contribution in [0, 0.1) is 0 Å². The third-order valence-electron chi connectivity index (χ3n) is 2.87. The first-order valence-electron chi connectivity index (χ1n) is 6.28. The molecule has 0 fully saturated rings. The van der Waals surface area contributed by atoms with E-state index in [9.17, 15) is 18.3 Å². The van der Waals surface area contributed by atoms with Gasteiger partial charge in [-0.15, -0.1) is 11.3 Å². The highest BCUT2D eigenvalue weighted by Crippen LogP contribution is 2.20. The van der Waals surface area contributed by atoms with Gasteiger partial charge >= 0.3 is 5.97 Å². The molecule has 0 amide bonds. The Balaban J connectivity index is 2.04. The summed E-state index contributed by atoms with van der Waals surface area (Å²) >= 11 is 1.21. The number of carbonyl (C=O) groups is 1. The van der Waals surface area contributed by atoms with Gasteiger partial charge in [-0.1, -0.05) is 36.4 Å². The minimum absolute atomic E-state index is 0.147. The van der Waals surface area contributed by atoms with E-state index in [1.807, 2.05) is 30.3 Å². The van der Waals surface area contributed by atoms with Crippen LogP contribution in [0.3, 0.4) is 0 Å². The molecule has 0 saturated heterocycles. The van der Waals surface area contributed by atoms with E-state index < -0.39 is 22.0 Å². The molecule has 7 heteroatoms. The van der Waals surface area contributed by atoms with E-state index in [1.165, 1.54) is 11.3 Å². The Morgan fingerprint density at radius 1 is 1.19 bits per heavy atom. The Morgan fingerprint density at radius 2 is 1.90 bits per heavy atom. The fraction of sp³-hybridized carbons (Fsp3) is 0.214. The van der Waals surface area contributed by atoms with Crippen LogP contribution in [-0.4, -0.2) is 25.2 Å². The van der Waals surface area contributed by atoms with E-state index in [2.05, 4.69) is 4.72 Å². The third-order valence-corrected chi connectivity index (χ3v) is 5.15. The van der Waals surface area contributed by atoms with Gasteiger partial charge in [-0.3, -0.25) is 4.79 Å². The van der Waals surface area contributed by atoms with Crippen LogP contribution in [0.1, 0.15) is 16.5 Å². The maximum Gasteiger partial charge on any atom is 0.327 e. The lowest BCUT2D eigenvalue weighted by atomic mass is 10.2. The smallest absolute Gasteiger partial charge is 0.327 e. The summed E-state index contributed by atoms with van der Waals surface area (Å²) in [6.45, 7) is 0. The molecule has 0 radical (unpaired) electrons. The van der Waals surface area contributed by atoms with Crippen molar-refractivity contribution < 1.29 is 18.3 Å². The van der Waals surface area contributed by atoms with Gasteiger partial charge in [0.15, 0.2) is 6.04 Å². The molecule has 0 spiro atoms. The average molecular weight is 325 g/mol. The highest BCUT2D eigenvalue weighted by atomic mass is 32.2. The summed E-state index contributed by atoms with van der Waals surface area (Å²) in [5.41, 5.74) is 0.894. The molecule has 0 saturated carbocycles. The molecule has 0 aliphatic rings. The summed E-state index contributed by atoms with van der Waals surface area (Å²) in [6.07, 6.45) is 0.340. The molecule has 0 bridgehead atoms. The van der Waals surface area contributed by atoms with E-state index in [0.29, 0.717) is 11.3 Å². The van der Waals surface area contributed by atoms with Gasteiger partial charge in [-0.05, 0) is 23.4 Å². The molecule has 1 unspecified atom stereocenters. The van der Waals surface area contributed by atoms with E-state index in [4.69, 9.17) is 0 Å². The Hall–Kier alpha value is -1.70. The summed E-state index contributed by atoms with van der Waals surface area (Å²) in [7, 11) is -3.67. The first-order valence-corrected chi connectivity index (χ1v) is 8.81. The largest absolute Gasteiger partial charge is 0.480 e. The van der Waals surface area contributed by atoms with Gasteiger partial charge in [0.1, 0.15) is 0 Å². The van der Waals surface area contributed by atoms with Gasteiger partial charge in [-0.25, -0.2) is 8.42 Å². The quantitative estimate of drug-likeness (QED) is 0.816. The molecule has 21 heavy (non-hydrogen) atoms. The number of sulfonamides is 1. The molecule has 0 aliphatic carbocycles. The lowest BCUT2D eigenvalue weighted by molar-refractivity contribution is -0.139. The molecule has 1 aromatic heterocycles. The van der Waals surface area contributed by atoms with Gasteiger partial charge in [0.25, 0.3) is 0 Å². The standard InChI is InChI=1S/C14H15NO4S2/c16-14(17)13(12-7-4-9-20-12)15-21(18,19)10-8-11-5-2-1-3-6-11/h1-7,9,13,15H,8,10H2,(H,16,17). The van der Waals surface area contributed by atoms with Gasteiger partial charge in [0, 0.05) is 4.88 Å². The van der Waals surface area contributed by atoms with E-state index >= 15 is 0 Å². The molecular weight excluding hydrogens is 310 g/mol. The third kappa shape index (κ3) is 4.66. The van der Waals surface area contributed by atoms with Crippen LogP contribution in [-0.2, 0) is 21.2 Å². The zero-order valence-electron chi connectivity index (χ0n) is 11.1. The summed E-state index contributed by atoms with van der Waals surface area (Å²) in [6, 6.07) is 11.3. The number of carboxylic acid groups (broad SMARTS) is 1. The van der Waals surface area contributed by atoms with Crippen LogP contribution in [0.5, 0.6) is 0 Å². The molecule has 5 nitrogen and oxygen atoms in total. The van der Waals surface area contributed by atoms with Crippen molar-refractivity contribution in [1.29, 1.82) is 0 Å². The fourth-order valence-corrected chi connectivity index (χ4v) is 3.87. The predicted octanol–water partition coefficient (Wildman–Crippen LogP) is 2.04. The molecule has 1 atom stereocenters. The van der Waals surface area contributed by atoms with Crippen molar-refractivity contribution in [3.63, 3.8) is 0 Å². The van der Waals surface area contributed by atoms with Crippen molar-refractivity contribution in [2.45, 2.75) is 12.5 Å². The maximum absolute atomic E-state index is 12.0. The zero-order chi connectivity index (χ0) is 15.3. The van der Waals surface area contributed by atoms with E-state index in [0.717, 1.165) is 5.56 Å². The average Bonchev–Trinajstić information content (AvgIpc) is 2.98. The second-order valence-corrected chi connectivity index (χ2v) is 7.31. The van der Waals surface area contributed by atoms with Gasteiger partial charge in [0.2, 0.25) is 10.0 Å². The molecule has 0 aliphatic heterocycles. The Bertz CT molecular complexity index is 681. The van der Waals surface area contributed by atoms with Crippen LogP contribution >= 0.6 is 11.3 Å². The zero-order valence-corrected chi connectivity index (χ0v) is 12.7. The lowest BCUT2D eigenvalue weighted by Crippen LogP contribution is -2.35. The molecule has 2 aromatic rings. The molecule has 112 valence electrons. The number of nitrogens with one attached hydrogen (secondary N) is 1. The molecule has 1 aromatic carbocycles. The summed E-state index contributed by atoms with van der Waals surface area (Å²) in [5.74, 6) is -1.35. The van der Waals surface area contributed by atoms with Crippen LogP contribution in [0.25, 0.3) is 0 Å². The number of rotatable bonds is 7. The van der Waals surface area contributed by atoms with Gasteiger partial charge in [-0.2, -0.15) is 4.72 Å². The van der Waals surface area contributed by atoms with Crippen molar-refractivity contribution in [1.82, 2.24) is 4.72 Å². The fourth-order valence-electron chi connectivity index (χ4n) is 1.82. The van der Waals surface area contributed by atoms with Crippen molar-refractivity contribution in [3.8, 4) is 0 Å². The highest BCUT2D eigenvalue weighted by molar-refractivity contribution is 7.89. The Kier molecular flexibility index (Phi) is 5.11. The molecular formula is C14H15NO4S2. The number of benzene rings is 1. The lowest BCUT2D eigenvalue weighted by Gasteiger charge is -2.13. The number of carboxylic acids is 1. The summed E-state index contributed by atoms with van der Waals surface area (Å²) < 4.78 is 26.3. The second-order valence-electron chi connectivity index (χ2n) is 4.46. The minimum atomic E-state index is -3.67. The number of hydrogen-bond acceptors (Lipinski definition) is 4. The van der Waals surface area contributed by atoms with Crippen molar-refractivity contribution >= 4 is 27.3 Å². The van der Waals surface area contributed by atoms with E-state index in [-0.39, 0.29) is 5.75 Å². The Labute approximate surface area is 127 Å². The van der Waals surface area contributed by atoms with Crippen LogP contribution < -0.4 is 4.72 Å². The SMILES string of the molecule is O=C(O)C(NS(=O)(=O)CCc1ccccc1)c1cccs1.